The molecule has 0 bridgehead atoms. The number of aromatic nitrogens is 1. The average Bonchev–Trinajstić information content (AvgIpc) is 3.12. The molecule has 0 fully saturated rings. The summed E-state index contributed by atoms with van der Waals surface area (Å²) in [5.74, 6) is -0.0360. The van der Waals surface area contributed by atoms with Crippen molar-refractivity contribution in [2.75, 3.05) is 4.90 Å². The normalized spacial score (nSPS) is 10.8. The number of rotatable bonds is 4. The molecule has 26 heavy (non-hydrogen) atoms. The zero-order chi connectivity index (χ0) is 17.9. The number of aryl methyl sites for hydroxylation is 1. The van der Waals surface area contributed by atoms with Crippen LogP contribution in [0.25, 0.3) is 10.2 Å². The lowest BCUT2D eigenvalue weighted by Gasteiger charge is -2.20. The van der Waals surface area contributed by atoms with E-state index >= 15 is 0 Å². The highest BCUT2D eigenvalue weighted by Gasteiger charge is 2.21. The van der Waals surface area contributed by atoms with Crippen molar-refractivity contribution in [3.8, 4) is 0 Å². The van der Waals surface area contributed by atoms with Gasteiger partial charge in [0.25, 0.3) is 5.91 Å². The van der Waals surface area contributed by atoms with Crippen LogP contribution < -0.4 is 4.90 Å². The molecule has 0 atom stereocenters. The van der Waals surface area contributed by atoms with E-state index in [1.54, 1.807) is 16.2 Å². The van der Waals surface area contributed by atoms with Crippen molar-refractivity contribution >= 4 is 32.6 Å². The van der Waals surface area contributed by atoms with E-state index in [0.717, 1.165) is 26.5 Å². The highest BCUT2D eigenvalue weighted by Crippen LogP contribution is 2.32. The third-order valence-electron chi connectivity index (χ3n) is 4.29. The van der Waals surface area contributed by atoms with Gasteiger partial charge in [0.1, 0.15) is 0 Å². The Bertz CT molecular complexity index is 1040. The number of amides is 1. The summed E-state index contributed by atoms with van der Waals surface area (Å²) < 4.78 is 1.10. The fraction of sp³-hybridized carbons (Fsp3) is 0.0909. The van der Waals surface area contributed by atoms with Gasteiger partial charge in [0.05, 0.1) is 16.8 Å². The van der Waals surface area contributed by atoms with E-state index in [-0.39, 0.29) is 5.91 Å². The Hall–Kier alpha value is -2.98. The molecule has 3 nitrogen and oxygen atoms in total. The van der Waals surface area contributed by atoms with E-state index < -0.39 is 0 Å². The van der Waals surface area contributed by atoms with Gasteiger partial charge in [-0.25, -0.2) is 4.98 Å². The van der Waals surface area contributed by atoms with E-state index in [1.165, 1.54) is 0 Å². The number of carbonyl (C=O) groups excluding carboxylic acids is 1. The minimum absolute atomic E-state index is 0.0360. The zero-order valence-electron chi connectivity index (χ0n) is 14.4. The Morgan fingerprint density at radius 2 is 1.62 bits per heavy atom. The monoisotopic (exact) mass is 358 g/mol. The molecule has 1 heterocycles. The molecule has 0 aliphatic rings. The average molecular weight is 358 g/mol. The third kappa shape index (κ3) is 3.24. The number of carbonyl (C=O) groups is 1. The van der Waals surface area contributed by atoms with E-state index in [2.05, 4.69) is 6.07 Å². The Morgan fingerprint density at radius 3 is 2.31 bits per heavy atom. The maximum Gasteiger partial charge on any atom is 0.260 e. The maximum absolute atomic E-state index is 13.2. The second kappa shape index (κ2) is 7.10. The van der Waals surface area contributed by atoms with Crippen molar-refractivity contribution in [2.45, 2.75) is 13.5 Å². The Balaban J connectivity index is 1.78. The van der Waals surface area contributed by atoms with Crippen LogP contribution >= 0.6 is 11.3 Å². The van der Waals surface area contributed by atoms with Crippen LogP contribution in [0.15, 0.2) is 78.9 Å². The molecule has 0 saturated carbocycles. The zero-order valence-corrected chi connectivity index (χ0v) is 15.2. The molecular formula is C22H18N2OS. The summed E-state index contributed by atoms with van der Waals surface area (Å²) in [4.78, 5) is 19.8. The van der Waals surface area contributed by atoms with Crippen molar-refractivity contribution in [2.24, 2.45) is 0 Å². The molecule has 0 N–H and O–H groups in total. The molecule has 4 heteroatoms. The number of fused-ring (bicyclic) bond motifs is 1. The molecule has 128 valence electrons. The molecule has 0 aliphatic heterocycles. The van der Waals surface area contributed by atoms with E-state index in [9.17, 15) is 4.79 Å². The van der Waals surface area contributed by atoms with E-state index in [1.807, 2.05) is 79.7 Å². The first-order valence-corrected chi connectivity index (χ1v) is 9.31. The number of hydrogen-bond donors (Lipinski definition) is 0. The van der Waals surface area contributed by atoms with Gasteiger partial charge in [0, 0.05) is 5.56 Å². The van der Waals surface area contributed by atoms with Gasteiger partial charge >= 0.3 is 0 Å². The Labute approximate surface area is 156 Å². The smallest absolute Gasteiger partial charge is 0.260 e. The number of thiazole rings is 1. The van der Waals surface area contributed by atoms with E-state index in [4.69, 9.17) is 4.98 Å². The minimum atomic E-state index is -0.0360. The van der Waals surface area contributed by atoms with Gasteiger partial charge in [-0.15, -0.1) is 0 Å². The predicted octanol–water partition coefficient (Wildman–Crippen LogP) is 5.45. The number of hydrogen-bond acceptors (Lipinski definition) is 3. The van der Waals surface area contributed by atoms with Gasteiger partial charge in [0.15, 0.2) is 5.13 Å². The molecule has 3 aromatic carbocycles. The van der Waals surface area contributed by atoms with Crippen molar-refractivity contribution in [3.63, 3.8) is 0 Å². The Kier molecular flexibility index (Phi) is 4.50. The number of para-hydroxylation sites is 1. The van der Waals surface area contributed by atoms with Crippen LogP contribution in [0.2, 0.25) is 0 Å². The number of nitrogens with zero attached hydrogens (tertiary/aromatic N) is 2. The van der Waals surface area contributed by atoms with Crippen LogP contribution in [0.4, 0.5) is 5.13 Å². The topological polar surface area (TPSA) is 33.2 Å². The molecule has 0 saturated heterocycles. The minimum Gasteiger partial charge on any atom is -0.279 e. The number of anilines is 1. The van der Waals surface area contributed by atoms with Crippen molar-refractivity contribution in [1.82, 2.24) is 4.98 Å². The van der Waals surface area contributed by atoms with Crippen molar-refractivity contribution in [1.29, 1.82) is 0 Å². The SMILES string of the molecule is Cc1cccc2sc(N(Cc3ccccc3)C(=O)c3ccccc3)nc12. The molecular weight excluding hydrogens is 340 g/mol. The predicted molar refractivity (Wildman–Crippen MR) is 108 cm³/mol. The fourth-order valence-electron chi connectivity index (χ4n) is 2.92. The maximum atomic E-state index is 13.2. The summed E-state index contributed by atoms with van der Waals surface area (Å²) in [6.45, 7) is 2.54. The molecule has 0 unspecified atom stereocenters. The molecule has 0 spiro atoms. The van der Waals surface area contributed by atoms with Crippen LogP contribution in [-0.4, -0.2) is 10.9 Å². The first-order valence-electron chi connectivity index (χ1n) is 8.49. The summed E-state index contributed by atoms with van der Waals surface area (Å²) in [6.07, 6.45) is 0. The standard InChI is InChI=1S/C22H18N2OS/c1-16-9-8-14-19-20(16)23-22(26-19)24(15-17-10-4-2-5-11-17)21(25)18-12-6-3-7-13-18/h2-14H,15H2,1H3. The van der Waals surface area contributed by atoms with Crippen molar-refractivity contribution in [3.05, 3.63) is 95.6 Å². The van der Waals surface area contributed by atoms with Crippen LogP contribution in [0.1, 0.15) is 21.5 Å². The van der Waals surface area contributed by atoms with Crippen LogP contribution in [0.5, 0.6) is 0 Å². The van der Waals surface area contributed by atoms with Gasteiger partial charge in [0.2, 0.25) is 0 Å². The second-order valence-electron chi connectivity index (χ2n) is 6.16. The fourth-order valence-corrected chi connectivity index (χ4v) is 3.96. The summed E-state index contributed by atoms with van der Waals surface area (Å²) in [5.41, 5.74) is 3.83. The summed E-state index contributed by atoms with van der Waals surface area (Å²) >= 11 is 1.56. The lowest BCUT2D eigenvalue weighted by atomic mass is 10.1. The van der Waals surface area contributed by atoms with E-state index in [0.29, 0.717) is 12.1 Å². The number of benzene rings is 3. The summed E-state index contributed by atoms with van der Waals surface area (Å²) in [5, 5.41) is 0.729. The molecule has 1 amide bonds. The van der Waals surface area contributed by atoms with Crippen LogP contribution in [0, 0.1) is 6.92 Å². The second-order valence-corrected chi connectivity index (χ2v) is 7.17. The van der Waals surface area contributed by atoms with Crippen LogP contribution in [-0.2, 0) is 6.54 Å². The largest absolute Gasteiger partial charge is 0.279 e. The highest BCUT2D eigenvalue weighted by atomic mass is 32.1. The van der Waals surface area contributed by atoms with Gasteiger partial charge in [-0.05, 0) is 36.2 Å². The lowest BCUT2D eigenvalue weighted by molar-refractivity contribution is 0.0985. The van der Waals surface area contributed by atoms with Gasteiger partial charge < -0.3 is 0 Å². The molecule has 4 aromatic rings. The first-order chi connectivity index (χ1) is 12.7. The summed E-state index contributed by atoms with van der Waals surface area (Å²) in [7, 11) is 0. The lowest BCUT2D eigenvalue weighted by Crippen LogP contribution is -2.30. The summed E-state index contributed by atoms with van der Waals surface area (Å²) in [6, 6.07) is 25.5. The molecule has 0 radical (unpaired) electrons. The van der Waals surface area contributed by atoms with Crippen LogP contribution in [0.3, 0.4) is 0 Å². The molecule has 0 aliphatic carbocycles. The van der Waals surface area contributed by atoms with Crippen molar-refractivity contribution < 1.29 is 4.79 Å². The first kappa shape index (κ1) is 16.5. The quantitative estimate of drug-likeness (QED) is 0.486. The van der Waals surface area contributed by atoms with Gasteiger partial charge in [-0.1, -0.05) is 72.0 Å². The van der Waals surface area contributed by atoms with Gasteiger partial charge in [-0.2, -0.15) is 0 Å². The van der Waals surface area contributed by atoms with Gasteiger partial charge in [-0.3, -0.25) is 9.69 Å². The highest BCUT2D eigenvalue weighted by molar-refractivity contribution is 7.22. The Morgan fingerprint density at radius 1 is 0.923 bits per heavy atom. The third-order valence-corrected chi connectivity index (χ3v) is 5.33. The molecule has 4 rings (SSSR count). The molecule has 1 aromatic heterocycles.